The van der Waals surface area contributed by atoms with Crippen molar-refractivity contribution in [2.24, 2.45) is 0 Å². The van der Waals surface area contributed by atoms with Gasteiger partial charge in [0.05, 0.1) is 5.97 Å². The molecule has 0 heterocycles. The van der Waals surface area contributed by atoms with Gasteiger partial charge in [0.25, 0.3) is 0 Å². The molecular weight excluding hydrogens is 295 g/mol. The Hall–Kier alpha value is 0.576. The Labute approximate surface area is 171 Å². The third-order valence-electron chi connectivity index (χ3n) is 3.35. The molecule has 0 fully saturated rings. The number of unbranched alkanes of at least 4 members (excludes halogenated alkanes) is 8. The Kier molecular flexibility index (Phi) is 16.1. The summed E-state index contributed by atoms with van der Waals surface area (Å²) < 4.78 is 4.87. The SMILES string of the molecule is CCCCCCCCCCCC(=O)OC(C)(C)C(=O)[O-].[K+]. The van der Waals surface area contributed by atoms with Crippen LogP contribution in [-0.2, 0) is 14.3 Å². The van der Waals surface area contributed by atoms with Gasteiger partial charge in [0.15, 0.2) is 0 Å². The minimum absolute atomic E-state index is 0. The monoisotopic (exact) mass is 324 g/mol. The van der Waals surface area contributed by atoms with Crippen LogP contribution in [0, 0.1) is 0 Å². The van der Waals surface area contributed by atoms with E-state index in [0.717, 1.165) is 19.3 Å². The number of carbonyl (C=O) groups is 2. The Morgan fingerprint density at radius 2 is 1.33 bits per heavy atom. The molecule has 0 amide bonds. The minimum Gasteiger partial charge on any atom is -0.546 e. The molecule has 0 unspecified atom stereocenters. The van der Waals surface area contributed by atoms with Crippen LogP contribution < -0.4 is 56.5 Å². The molecule has 0 N–H and O–H groups in total. The van der Waals surface area contributed by atoms with Crippen LogP contribution in [-0.4, -0.2) is 17.5 Å². The molecule has 0 bridgehead atoms. The Bertz CT molecular complexity index is 290. The van der Waals surface area contributed by atoms with E-state index in [4.69, 9.17) is 4.74 Å². The van der Waals surface area contributed by atoms with Crippen molar-refractivity contribution in [1.29, 1.82) is 0 Å². The molecule has 0 aliphatic rings. The smallest absolute Gasteiger partial charge is 0.546 e. The summed E-state index contributed by atoms with van der Waals surface area (Å²) in [6, 6.07) is 0. The van der Waals surface area contributed by atoms with E-state index in [1.807, 2.05) is 0 Å². The van der Waals surface area contributed by atoms with Gasteiger partial charge in [-0.15, -0.1) is 0 Å². The first-order chi connectivity index (χ1) is 9.40. The summed E-state index contributed by atoms with van der Waals surface area (Å²) in [5.41, 5.74) is -1.53. The number of carboxylic acid groups (broad SMARTS) is 1. The summed E-state index contributed by atoms with van der Waals surface area (Å²) in [6.07, 6.45) is 10.9. The average Bonchev–Trinajstić information content (AvgIpc) is 2.36. The van der Waals surface area contributed by atoms with Crippen molar-refractivity contribution in [2.75, 3.05) is 0 Å². The second-order valence-electron chi connectivity index (χ2n) is 5.85. The number of carbonyl (C=O) groups excluding carboxylic acids is 2. The molecule has 0 radical (unpaired) electrons. The van der Waals surface area contributed by atoms with Crippen molar-refractivity contribution in [3.63, 3.8) is 0 Å². The maximum Gasteiger partial charge on any atom is 1.00 e. The fourth-order valence-electron chi connectivity index (χ4n) is 1.96. The fourth-order valence-corrected chi connectivity index (χ4v) is 1.96. The zero-order chi connectivity index (χ0) is 15.4. The average molecular weight is 325 g/mol. The molecule has 0 aromatic heterocycles. The first kappa shape index (κ1) is 23.8. The number of hydrogen-bond acceptors (Lipinski definition) is 4. The number of hydrogen-bond donors (Lipinski definition) is 0. The topological polar surface area (TPSA) is 66.4 Å². The van der Waals surface area contributed by atoms with Crippen molar-refractivity contribution >= 4 is 11.9 Å². The maximum absolute atomic E-state index is 11.5. The molecule has 0 saturated heterocycles. The molecule has 0 atom stereocenters. The Morgan fingerprint density at radius 1 is 0.905 bits per heavy atom. The van der Waals surface area contributed by atoms with Crippen LogP contribution in [0.4, 0.5) is 0 Å². The molecule has 0 aromatic rings. The van der Waals surface area contributed by atoms with Crippen LogP contribution in [0.1, 0.15) is 85.0 Å². The van der Waals surface area contributed by atoms with Gasteiger partial charge in [0, 0.05) is 6.42 Å². The maximum atomic E-state index is 11.5. The van der Waals surface area contributed by atoms with Gasteiger partial charge in [0.1, 0.15) is 5.60 Å². The predicted molar refractivity (Wildman–Crippen MR) is 77.0 cm³/mol. The van der Waals surface area contributed by atoms with E-state index in [2.05, 4.69) is 6.92 Å². The van der Waals surface area contributed by atoms with Gasteiger partial charge in [0.2, 0.25) is 0 Å². The summed E-state index contributed by atoms with van der Waals surface area (Å²) in [5.74, 6) is -1.82. The quantitative estimate of drug-likeness (QED) is 0.288. The fraction of sp³-hybridized carbons (Fsp3) is 0.875. The zero-order valence-corrected chi connectivity index (χ0v) is 17.3. The molecule has 0 spiro atoms. The van der Waals surface area contributed by atoms with Crippen molar-refractivity contribution in [1.82, 2.24) is 0 Å². The molecule has 118 valence electrons. The third kappa shape index (κ3) is 13.9. The van der Waals surface area contributed by atoms with Gasteiger partial charge < -0.3 is 14.6 Å². The molecule has 4 nitrogen and oxygen atoms in total. The molecule has 0 saturated carbocycles. The zero-order valence-electron chi connectivity index (χ0n) is 14.2. The number of rotatable bonds is 12. The van der Waals surface area contributed by atoms with E-state index >= 15 is 0 Å². The van der Waals surface area contributed by atoms with E-state index in [-0.39, 0.29) is 57.8 Å². The van der Waals surface area contributed by atoms with Crippen LogP contribution in [0.3, 0.4) is 0 Å². The molecule has 0 aliphatic carbocycles. The number of esters is 1. The minimum atomic E-state index is -1.53. The summed E-state index contributed by atoms with van der Waals surface area (Å²) in [5, 5.41) is 10.7. The standard InChI is InChI=1S/C16H30O4.K/c1-4-5-6-7-8-9-10-11-12-13-14(17)20-16(2,3)15(18)19;/h4-13H2,1-3H3,(H,18,19);/q;+1/p-1. The number of ether oxygens (including phenoxy) is 1. The predicted octanol–water partition coefficient (Wildman–Crippen LogP) is -0.0170. The first-order valence-corrected chi connectivity index (χ1v) is 7.83. The van der Waals surface area contributed by atoms with Crippen LogP contribution >= 0.6 is 0 Å². The second-order valence-corrected chi connectivity index (χ2v) is 5.85. The normalized spacial score (nSPS) is 10.8. The van der Waals surface area contributed by atoms with Crippen molar-refractivity contribution in [3.05, 3.63) is 0 Å². The van der Waals surface area contributed by atoms with E-state index in [1.54, 1.807) is 0 Å². The first-order valence-electron chi connectivity index (χ1n) is 7.83. The Balaban J connectivity index is 0. The molecule has 0 aliphatic heterocycles. The summed E-state index contributed by atoms with van der Waals surface area (Å²) in [6.45, 7) is 4.87. The van der Waals surface area contributed by atoms with Gasteiger partial charge in [-0.2, -0.15) is 0 Å². The van der Waals surface area contributed by atoms with Gasteiger partial charge in [-0.1, -0.05) is 58.3 Å². The van der Waals surface area contributed by atoms with E-state index in [1.165, 1.54) is 52.4 Å². The van der Waals surface area contributed by atoms with E-state index in [0.29, 0.717) is 0 Å². The largest absolute Gasteiger partial charge is 1.00 e. The summed E-state index contributed by atoms with van der Waals surface area (Å²) >= 11 is 0. The molecule has 5 heteroatoms. The summed E-state index contributed by atoms with van der Waals surface area (Å²) in [7, 11) is 0. The Morgan fingerprint density at radius 3 is 1.76 bits per heavy atom. The molecular formula is C16H29KO4. The van der Waals surface area contributed by atoms with E-state index < -0.39 is 17.5 Å². The second kappa shape index (κ2) is 14.2. The molecule has 0 aromatic carbocycles. The molecule has 0 rings (SSSR count). The summed E-state index contributed by atoms with van der Waals surface area (Å²) in [4.78, 5) is 22.1. The number of carboxylic acids is 1. The van der Waals surface area contributed by atoms with Crippen LogP contribution in [0.15, 0.2) is 0 Å². The van der Waals surface area contributed by atoms with Crippen LogP contribution in [0.5, 0.6) is 0 Å². The van der Waals surface area contributed by atoms with Gasteiger partial charge in [-0.3, -0.25) is 4.79 Å². The van der Waals surface area contributed by atoms with E-state index in [9.17, 15) is 14.7 Å². The van der Waals surface area contributed by atoms with Crippen molar-refractivity contribution in [3.8, 4) is 0 Å². The van der Waals surface area contributed by atoms with Crippen molar-refractivity contribution in [2.45, 2.75) is 90.6 Å². The van der Waals surface area contributed by atoms with Gasteiger partial charge >= 0.3 is 57.4 Å². The molecule has 21 heavy (non-hydrogen) atoms. The van der Waals surface area contributed by atoms with Crippen molar-refractivity contribution < 1.29 is 70.8 Å². The van der Waals surface area contributed by atoms with Crippen LogP contribution in [0.25, 0.3) is 0 Å². The van der Waals surface area contributed by atoms with Gasteiger partial charge in [-0.25, -0.2) is 0 Å². The third-order valence-corrected chi connectivity index (χ3v) is 3.35. The van der Waals surface area contributed by atoms with Gasteiger partial charge in [-0.05, 0) is 20.3 Å². The number of aliphatic carboxylic acids is 1. The van der Waals surface area contributed by atoms with Crippen LogP contribution in [0.2, 0.25) is 0 Å².